The summed E-state index contributed by atoms with van der Waals surface area (Å²) in [6.07, 6.45) is 6.79. The molecule has 4 rings (SSSR count). The summed E-state index contributed by atoms with van der Waals surface area (Å²) >= 11 is 0. The molecule has 18 nitrogen and oxygen atoms in total. The van der Waals surface area contributed by atoms with Crippen molar-refractivity contribution in [1.29, 1.82) is 0 Å². The number of cyclic esters (lactones) is 1. The molecule has 74 heavy (non-hydrogen) atoms. The number of hydrogen-bond donors (Lipinski definition) is 5. The van der Waals surface area contributed by atoms with Crippen molar-refractivity contribution in [2.45, 2.75) is 187 Å². The predicted octanol–water partition coefficient (Wildman–Crippen LogP) is 4.69. The zero-order valence-corrected chi connectivity index (χ0v) is 45.6. The second-order valence-corrected chi connectivity index (χ2v) is 21.9. The molecule has 1 unspecified atom stereocenters. The van der Waals surface area contributed by atoms with E-state index in [0.717, 1.165) is 10.5 Å². The van der Waals surface area contributed by atoms with E-state index in [1.54, 1.807) is 58.9 Å². The number of aliphatic hydroxyl groups excluding tert-OH is 4. The minimum Gasteiger partial charge on any atom is -0.460 e. The molecule has 1 amide bonds. The second kappa shape index (κ2) is 28.4. The van der Waals surface area contributed by atoms with Crippen molar-refractivity contribution in [2.75, 3.05) is 41.1 Å². The van der Waals surface area contributed by atoms with E-state index < -0.39 is 138 Å². The van der Waals surface area contributed by atoms with Gasteiger partial charge in [0.15, 0.2) is 5.78 Å². The smallest absolute Gasteiger partial charge is 0.329 e. The molecule has 3 heterocycles. The van der Waals surface area contributed by atoms with Crippen LogP contribution in [0.25, 0.3) is 0 Å². The number of fused-ring (bicyclic) bond motifs is 3. The second-order valence-electron chi connectivity index (χ2n) is 21.9. The van der Waals surface area contributed by atoms with Crippen LogP contribution in [0.1, 0.15) is 126 Å². The first-order chi connectivity index (χ1) is 34.9. The first kappa shape index (κ1) is 62.6. The lowest BCUT2D eigenvalue weighted by molar-refractivity contribution is -0.265. The van der Waals surface area contributed by atoms with Crippen LogP contribution in [0.4, 0.5) is 0 Å². The van der Waals surface area contributed by atoms with Crippen LogP contribution >= 0.6 is 0 Å². The topological polar surface area (TPSA) is 262 Å². The summed E-state index contributed by atoms with van der Waals surface area (Å²) in [5, 5.41) is 54.4. The summed E-state index contributed by atoms with van der Waals surface area (Å²) in [6, 6.07) is -1.22. The van der Waals surface area contributed by atoms with Crippen molar-refractivity contribution in [1.82, 2.24) is 4.90 Å². The first-order valence-electron chi connectivity index (χ1n) is 26.5. The highest BCUT2D eigenvalue weighted by Crippen LogP contribution is 2.38. The number of nitrogens with zero attached hydrogens (tertiary/aromatic N) is 1. The van der Waals surface area contributed by atoms with Crippen LogP contribution in [0.2, 0.25) is 0 Å². The Morgan fingerprint density at radius 1 is 0.865 bits per heavy atom. The van der Waals surface area contributed by atoms with E-state index in [0.29, 0.717) is 51.4 Å². The third-order valence-corrected chi connectivity index (χ3v) is 16.2. The summed E-state index contributed by atoms with van der Waals surface area (Å²) in [5.74, 6) is -10.8. The van der Waals surface area contributed by atoms with Crippen molar-refractivity contribution in [3.8, 4) is 0 Å². The normalized spacial score (nSPS) is 38.1. The van der Waals surface area contributed by atoms with Crippen LogP contribution in [0.3, 0.4) is 0 Å². The van der Waals surface area contributed by atoms with Crippen molar-refractivity contribution < 1.29 is 82.7 Å². The molecule has 1 saturated carbocycles. The number of amides is 1. The molecule has 3 aliphatic heterocycles. The largest absolute Gasteiger partial charge is 0.460 e. The molecular formula is C56H87NO17. The van der Waals surface area contributed by atoms with E-state index in [2.05, 4.69) is 0 Å². The highest BCUT2D eigenvalue weighted by Gasteiger charge is 2.53. The standard InChI is InChI=1S/C56H87NO17/c1-32-17-13-12-14-18-33(2)47(61)38(7)49(63)50(71-11)48(62)36(5)25-34(3)42(60)29-45(35(4)26-39-21-23-43(46(27-39)70-10)73-54(67)55(8,30-58)31-59)72-53(66)41-19-15-16-24-57(41)52(65)51(64)56(68)37(6)20-22-40(74-56)28-44(32)69-9/h12-14,17-18,25,33-35,37-41,43-48,50,58-59,61-62,68H,15-16,19-24,26-31H2,1-11H3/b13-12+,18-14-,32-17+,36-25+/t33-,34-,35-,37-,38-,39+,40+,41+,43-,44+,45+,46-,47?,48-,50-,56-/m1/s1. The van der Waals surface area contributed by atoms with E-state index in [-0.39, 0.29) is 43.1 Å². The number of carbonyl (C=O) groups is 6. The van der Waals surface area contributed by atoms with Gasteiger partial charge < -0.3 is 58.9 Å². The lowest BCUT2D eigenvalue weighted by Gasteiger charge is -2.42. The molecule has 18 heteroatoms. The Bertz CT molecular complexity index is 2050. The number of esters is 2. The van der Waals surface area contributed by atoms with E-state index in [4.69, 9.17) is 28.4 Å². The molecule has 2 saturated heterocycles. The molecule has 1 aliphatic carbocycles. The molecule has 16 atom stereocenters. The number of hydrogen-bond acceptors (Lipinski definition) is 17. The third-order valence-electron chi connectivity index (χ3n) is 16.2. The Morgan fingerprint density at radius 2 is 1.55 bits per heavy atom. The Morgan fingerprint density at radius 3 is 2.19 bits per heavy atom. The minimum atomic E-state index is -2.49. The van der Waals surface area contributed by atoms with Crippen molar-refractivity contribution >= 4 is 35.2 Å². The fourth-order valence-electron chi connectivity index (χ4n) is 10.6. The zero-order chi connectivity index (χ0) is 55.2. The van der Waals surface area contributed by atoms with Crippen molar-refractivity contribution in [2.24, 2.45) is 40.9 Å². The molecule has 5 N–H and O–H groups in total. The first-order valence-corrected chi connectivity index (χ1v) is 26.5. The van der Waals surface area contributed by atoms with Gasteiger partial charge in [-0.05, 0) is 102 Å². The molecule has 4 aliphatic rings. The molecular weight excluding hydrogens is 959 g/mol. The number of ether oxygens (including phenoxy) is 6. The maximum atomic E-state index is 14.5. The van der Waals surface area contributed by atoms with Gasteiger partial charge in [-0.2, -0.15) is 0 Å². The third kappa shape index (κ3) is 15.6. The van der Waals surface area contributed by atoms with E-state index >= 15 is 0 Å². The van der Waals surface area contributed by atoms with Gasteiger partial charge in [0.1, 0.15) is 41.7 Å². The maximum Gasteiger partial charge on any atom is 0.329 e. The van der Waals surface area contributed by atoms with Gasteiger partial charge in [-0.15, -0.1) is 0 Å². The average Bonchev–Trinajstić information content (AvgIpc) is 3.39. The minimum absolute atomic E-state index is 0.0306. The highest BCUT2D eigenvalue weighted by atomic mass is 16.6. The number of methoxy groups -OCH3 is 3. The molecule has 3 fully saturated rings. The molecule has 0 spiro atoms. The Hall–Kier alpha value is -3.98. The SMILES string of the molecule is CO[C@H]1C[C@@H]2CC[C@@H](C)[C@@](O)(O2)C(=O)C(=O)N2CCCC[C@H]2C(=O)O[C@H]([C@H](C)C[C@@H]2CC[C@@H](OC(=O)C(C)(CO)CO)[C@H](OC)C2)CC(=O)[C@H](C)/C=C(\C)[C@@H](O)[C@@H](OC)C(=O)[C@H](C)C(O)[C@H](C)\C=C/C=C/C=C/1C. The number of aliphatic hydroxyl groups is 5. The average molecular weight is 1050 g/mol. The number of ketones is 3. The van der Waals surface area contributed by atoms with Gasteiger partial charge in [0.2, 0.25) is 5.79 Å². The van der Waals surface area contributed by atoms with Gasteiger partial charge in [-0.25, -0.2) is 4.79 Å². The highest BCUT2D eigenvalue weighted by molar-refractivity contribution is 6.39. The van der Waals surface area contributed by atoms with Gasteiger partial charge in [0, 0.05) is 64.4 Å². The predicted molar refractivity (Wildman–Crippen MR) is 273 cm³/mol. The van der Waals surface area contributed by atoms with Crippen LogP contribution < -0.4 is 0 Å². The van der Waals surface area contributed by atoms with Gasteiger partial charge in [0.05, 0.1) is 37.6 Å². The monoisotopic (exact) mass is 1050 g/mol. The lowest BCUT2D eigenvalue weighted by atomic mass is 9.78. The Balaban J connectivity index is 1.71. The summed E-state index contributed by atoms with van der Waals surface area (Å²) < 4.78 is 35.3. The van der Waals surface area contributed by atoms with Gasteiger partial charge in [0.25, 0.3) is 11.7 Å². The Kier molecular flexibility index (Phi) is 24.0. The summed E-state index contributed by atoms with van der Waals surface area (Å²) in [4.78, 5) is 85.5. The number of rotatable bonds is 10. The van der Waals surface area contributed by atoms with Crippen molar-refractivity contribution in [3.05, 3.63) is 47.6 Å². The van der Waals surface area contributed by atoms with Gasteiger partial charge in [-0.3, -0.25) is 24.0 Å². The van der Waals surface area contributed by atoms with E-state index in [1.807, 2.05) is 19.9 Å². The van der Waals surface area contributed by atoms with Crippen molar-refractivity contribution in [3.63, 3.8) is 0 Å². The molecule has 2 bridgehead atoms. The van der Waals surface area contributed by atoms with Gasteiger partial charge >= 0.3 is 11.9 Å². The summed E-state index contributed by atoms with van der Waals surface area (Å²) in [7, 11) is 4.32. The van der Waals surface area contributed by atoms with E-state index in [1.165, 1.54) is 34.3 Å². The molecule has 0 aromatic heterocycles. The van der Waals surface area contributed by atoms with Crippen LogP contribution in [-0.2, 0) is 57.2 Å². The molecule has 0 aromatic carbocycles. The van der Waals surface area contributed by atoms with Crippen LogP contribution in [0.15, 0.2) is 47.6 Å². The Labute approximate surface area is 437 Å². The number of Topliss-reactive ketones (excluding diaryl/α,β-unsaturated/α-hetero) is 3. The number of carbonyl (C=O) groups excluding carboxylic acids is 6. The van der Waals surface area contributed by atoms with Crippen LogP contribution in [0, 0.1) is 40.9 Å². The van der Waals surface area contributed by atoms with Crippen LogP contribution in [-0.4, -0.2) is 167 Å². The quantitative estimate of drug-likeness (QED) is 0.113. The van der Waals surface area contributed by atoms with Crippen LogP contribution in [0.5, 0.6) is 0 Å². The summed E-state index contributed by atoms with van der Waals surface area (Å²) in [5.41, 5.74) is -0.422. The summed E-state index contributed by atoms with van der Waals surface area (Å²) in [6.45, 7) is 12.1. The zero-order valence-electron chi connectivity index (χ0n) is 45.6. The van der Waals surface area contributed by atoms with E-state index in [9.17, 15) is 54.3 Å². The fourth-order valence-corrected chi connectivity index (χ4v) is 10.6. The molecule has 0 aromatic rings. The molecule has 418 valence electrons. The number of piperidine rings is 1. The lowest BCUT2D eigenvalue weighted by Crippen LogP contribution is -2.61. The molecule has 0 radical (unpaired) electrons. The number of allylic oxidation sites excluding steroid dienone is 5. The van der Waals surface area contributed by atoms with Gasteiger partial charge in [-0.1, -0.05) is 71.1 Å². The fraction of sp³-hybridized carbons (Fsp3) is 0.750. The maximum absolute atomic E-state index is 14.5.